The maximum atomic E-state index is 12.9. The molecular weight excluding hydrogens is 368 g/mol. The van der Waals surface area contributed by atoms with Gasteiger partial charge in [-0.15, -0.1) is 11.8 Å². The molecular formula is C16H15ClN2O3S2. The van der Waals surface area contributed by atoms with E-state index in [4.69, 9.17) is 16.3 Å². The lowest BCUT2D eigenvalue weighted by atomic mass is 10.3. The maximum absolute atomic E-state index is 12.9. The number of esters is 1. The van der Waals surface area contributed by atoms with E-state index in [1.165, 1.54) is 35.2 Å². The minimum absolute atomic E-state index is 0.107. The number of carbonyl (C=O) groups is 1. The number of nitrogens with zero attached hydrogens (tertiary/aromatic N) is 2. The predicted octanol–water partition coefficient (Wildman–Crippen LogP) is 3.19. The summed E-state index contributed by atoms with van der Waals surface area (Å²) in [5, 5.41) is 0.612. The van der Waals surface area contributed by atoms with Gasteiger partial charge in [-0.2, -0.15) is 0 Å². The Balaban J connectivity index is 2.12. The molecule has 0 radical (unpaired) electrons. The van der Waals surface area contributed by atoms with E-state index in [2.05, 4.69) is 4.98 Å². The first-order valence-corrected chi connectivity index (χ1v) is 9.54. The molecule has 0 amide bonds. The van der Waals surface area contributed by atoms with Gasteiger partial charge < -0.3 is 4.74 Å². The molecule has 1 aromatic carbocycles. The third-order valence-electron chi connectivity index (χ3n) is 3.57. The lowest BCUT2D eigenvalue weighted by Crippen LogP contribution is -2.25. The minimum atomic E-state index is -0.465. The molecule has 2 aromatic rings. The van der Waals surface area contributed by atoms with Gasteiger partial charge in [0.25, 0.3) is 5.56 Å². The summed E-state index contributed by atoms with van der Waals surface area (Å²) in [6.07, 6.45) is 0.761. The second-order valence-corrected chi connectivity index (χ2v) is 8.02. The largest absolute Gasteiger partial charge is 0.468 e. The summed E-state index contributed by atoms with van der Waals surface area (Å²) in [4.78, 5) is 30.0. The molecule has 0 bridgehead atoms. The van der Waals surface area contributed by atoms with Crippen molar-refractivity contribution >= 4 is 41.1 Å². The monoisotopic (exact) mass is 382 g/mol. The number of methoxy groups -OCH3 is 1. The Bertz CT molecular complexity index is 836. The van der Waals surface area contributed by atoms with Crippen molar-refractivity contribution < 1.29 is 9.53 Å². The quantitative estimate of drug-likeness (QED) is 0.459. The first-order chi connectivity index (χ1) is 11.5. The molecule has 1 atom stereocenters. The summed E-state index contributed by atoms with van der Waals surface area (Å²) in [5.74, 6) is 0.491. The highest BCUT2D eigenvalue weighted by atomic mass is 35.5. The molecule has 0 saturated heterocycles. The Kier molecular flexibility index (Phi) is 5.22. The standard InChI is InChI=1S/C16H15ClN2O3S2/c1-9(15(21)22-2)24-16-18-12-7-8-23-13(12)14(20)19(16)11-5-3-10(17)4-6-11/h3-6,9H,7-8H2,1-2H3/t9-/m1/s1. The van der Waals surface area contributed by atoms with E-state index in [9.17, 15) is 9.59 Å². The maximum Gasteiger partial charge on any atom is 0.318 e. The van der Waals surface area contributed by atoms with Crippen LogP contribution in [0.15, 0.2) is 39.1 Å². The molecule has 5 nitrogen and oxygen atoms in total. The Labute approximate surface area is 152 Å². The summed E-state index contributed by atoms with van der Waals surface area (Å²) in [7, 11) is 1.35. The van der Waals surface area contributed by atoms with Crippen LogP contribution in [0.25, 0.3) is 5.69 Å². The number of hydrogen-bond donors (Lipinski definition) is 0. The molecule has 0 aliphatic carbocycles. The van der Waals surface area contributed by atoms with E-state index in [0.717, 1.165) is 17.9 Å². The third-order valence-corrected chi connectivity index (χ3v) is 5.96. The average Bonchev–Trinajstić information content (AvgIpc) is 3.04. The predicted molar refractivity (Wildman–Crippen MR) is 96.6 cm³/mol. The van der Waals surface area contributed by atoms with Crippen molar-refractivity contribution in [1.29, 1.82) is 0 Å². The van der Waals surface area contributed by atoms with Crippen LogP contribution < -0.4 is 5.56 Å². The van der Waals surface area contributed by atoms with Crippen LogP contribution in [0.4, 0.5) is 0 Å². The van der Waals surface area contributed by atoms with Crippen LogP contribution in [0, 0.1) is 0 Å². The number of rotatable bonds is 4. The van der Waals surface area contributed by atoms with Gasteiger partial charge in [0.15, 0.2) is 5.16 Å². The fourth-order valence-electron chi connectivity index (χ4n) is 2.36. The number of carbonyl (C=O) groups excluding carboxylic acids is 1. The Morgan fingerprint density at radius 3 is 2.79 bits per heavy atom. The molecule has 2 heterocycles. The van der Waals surface area contributed by atoms with E-state index in [0.29, 0.717) is 20.8 Å². The van der Waals surface area contributed by atoms with Gasteiger partial charge in [0, 0.05) is 17.2 Å². The first kappa shape index (κ1) is 17.4. The van der Waals surface area contributed by atoms with Gasteiger partial charge in [0.1, 0.15) is 5.25 Å². The van der Waals surface area contributed by atoms with Crippen LogP contribution in [-0.2, 0) is 16.0 Å². The molecule has 8 heteroatoms. The normalized spacial score (nSPS) is 14.3. The molecule has 0 unspecified atom stereocenters. The van der Waals surface area contributed by atoms with Gasteiger partial charge in [-0.05, 0) is 31.2 Å². The number of aromatic nitrogens is 2. The van der Waals surface area contributed by atoms with Crippen LogP contribution in [0.5, 0.6) is 0 Å². The molecule has 1 aromatic heterocycles. The van der Waals surface area contributed by atoms with Gasteiger partial charge >= 0.3 is 5.97 Å². The highest BCUT2D eigenvalue weighted by molar-refractivity contribution is 8.00. The summed E-state index contributed by atoms with van der Waals surface area (Å²) >= 11 is 8.68. The van der Waals surface area contributed by atoms with Crippen molar-refractivity contribution in [2.75, 3.05) is 12.9 Å². The summed E-state index contributed by atoms with van der Waals surface area (Å²) < 4.78 is 6.31. The molecule has 0 N–H and O–H groups in total. The van der Waals surface area contributed by atoms with E-state index in [1.807, 2.05) is 0 Å². The van der Waals surface area contributed by atoms with Crippen molar-refractivity contribution in [3.05, 3.63) is 45.3 Å². The zero-order valence-electron chi connectivity index (χ0n) is 13.1. The number of hydrogen-bond acceptors (Lipinski definition) is 6. The molecule has 3 rings (SSSR count). The third kappa shape index (κ3) is 3.34. The first-order valence-electron chi connectivity index (χ1n) is 7.30. The zero-order valence-corrected chi connectivity index (χ0v) is 15.5. The average molecular weight is 383 g/mol. The highest BCUT2D eigenvalue weighted by Crippen LogP contribution is 2.31. The number of aryl methyl sites for hydroxylation is 1. The fraction of sp³-hybridized carbons (Fsp3) is 0.312. The smallest absolute Gasteiger partial charge is 0.318 e. The summed E-state index contributed by atoms with van der Waals surface area (Å²) in [5.41, 5.74) is 1.37. The fourth-order valence-corrected chi connectivity index (χ4v) is 4.48. The van der Waals surface area contributed by atoms with Crippen molar-refractivity contribution in [2.24, 2.45) is 0 Å². The molecule has 0 fully saturated rings. The van der Waals surface area contributed by atoms with Gasteiger partial charge in [0.05, 0.1) is 23.4 Å². The lowest BCUT2D eigenvalue weighted by molar-refractivity contribution is -0.139. The van der Waals surface area contributed by atoms with Crippen molar-refractivity contribution in [3.63, 3.8) is 0 Å². The minimum Gasteiger partial charge on any atom is -0.468 e. The van der Waals surface area contributed by atoms with Gasteiger partial charge in [-0.1, -0.05) is 23.4 Å². The van der Waals surface area contributed by atoms with E-state index >= 15 is 0 Å². The van der Waals surface area contributed by atoms with Crippen molar-refractivity contribution in [2.45, 2.75) is 28.6 Å². The van der Waals surface area contributed by atoms with E-state index < -0.39 is 5.25 Å². The van der Waals surface area contributed by atoms with Crippen LogP contribution in [0.1, 0.15) is 12.6 Å². The number of benzene rings is 1. The second kappa shape index (κ2) is 7.21. The summed E-state index contributed by atoms with van der Waals surface area (Å²) in [6.45, 7) is 1.73. The molecule has 1 aliphatic rings. The number of ether oxygens (including phenoxy) is 1. The van der Waals surface area contributed by atoms with Crippen molar-refractivity contribution in [3.8, 4) is 5.69 Å². The summed E-state index contributed by atoms with van der Waals surface area (Å²) in [6, 6.07) is 6.98. The van der Waals surface area contributed by atoms with E-state index in [1.54, 1.807) is 31.2 Å². The topological polar surface area (TPSA) is 61.2 Å². The van der Waals surface area contributed by atoms with Crippen LogP contribution >= 0.6 is 35.1 Å². The number of thioether (sulfide) groups is 2. The van der Waals surface area contributed by atoms with Crippen molar-refractivity contribution in [1.82, 2.24) is 9.55 Å². The van der Waals surface area contributed by atoms with Gasteiger partial charge in [0.2, 0.25) is 0 Å². The molecule has 0 saturated carbocycles. The van der Waals surface area contributed by atoms with Crippen LogP contribution in [0.2, 0.25) is 5.02 Å². The Morgan fingerprint density at radius 1 is 1.42 bits per heavy atom. The second-order valence-electron chi connectivity index (χ2n) is 5.17. The number of halogens is 1. The van der Waals surface area contributed by atoms with Crippen LogP contribution in [-0.4, -0.2) is 33.6 Å². The molecule has 126 valence electrons. The zero-order chi connectivity index (χ0) is 17.3. The lowest BCUT2D eigenvalue weighted by Gasteiger charge is -2.15. The molecule has 1 aliphatic heterocycles. The van der Waals surface area contributed by atoms with Gasteiger partial charge in [-0.25, -0.2) is 4.98 Å². The molecule has 24 heavy (non-hydrogen) atoms. The van der Waals surface area contributed by atoms with Crippen LogP contribution in [0.3, 0.4) is 0 Å². The Hall–Kier alpha value is -1.44. The molecule has 0 spiro atoms. The highest BCUT2D eigenvalue weighted by Gasteiger charge is 2.25. The Morgan fingerprint density at radius 2 is 2.12 bits per heavy atom. The van der Waals surface area contributed by atoms with Gasteiger partial charge in [-0.3, -0.25) is 14.2 Å². The van der Waals surface area contributed by atoms with E-state index in [-0.39, 0.29) is 11.5 Å². The number of fused-ring (bicyclic) bond motifs is 1. The SMILES string of the molecule is COC(=O)[C@@H](C)Sc1nc2c(c(=O)n1-c1ccc(Cl)cc1)SCC2.